The van der Waals surface area contributed by atoms with Gasteiger partial charge < -0.3 is 4.57 Å². The van der Waals surface area contributed by atoms with E-state index in [4.69, 9.17) is 5.10 Å². The third-order valence-corrected chi connectivity index (χ3v) is 6.56. The molecule has 0 unspecified atom stereocenters. The highest BCUT2D eigenvalue weighted by molar-refractivity contribution is 5.64. The minimum Gasteiger partial charge on any atom is -0.318 e. The van der Waals surface area contributed by atoms with E-state index in [1.807, 2.05) is 25.3 Å². The first-order valence-electron chi connectivity index (χ1n) is 10.7. The molecule has 0 bridgehead atoms. The second kappa shape index (κ2) is 7.24. The maximum absolute atomic E-state index is 12.1. The number of aryl methyl sites for hydroxylation is 2. The van der Waals surface area contributed by atoms with Gasteiger partial charge in [0.25, 0.3) is 5.56 Å². The Morgan fingerprint density at radius 1 is 0.900 bits per heavy atom. The minimum atomic E-state index is -0.114. The Bertz CT molecular complexity index is 1240. The van der Waals surface area contributed by atoms with Gasteiger partial charge in [-0.3, -0.25) is 9.20 Å². The highest BCUT2D eigenvalue weighted by Crippen LogP contribution is 2.44. The van der Waals surface area contributed by atoms with Crippen molar-refractivity contribution >= 4 is 5.65 Å². The number of benzene rings is 1. The molecule has 0 atom stereocenters. The number of hydrogen-bond acceptors (Lipinski definition) is 3. The summed E-state index contributed by atoms with van der Waals surface area (Å²) in [6, 6.07) is 16.8. The van der Waals surface area contributed by atoms with Crippen molar-refractivity contribution in [2.45, 2.75) is 44.4 Å². The third-order valence-electron chi connectivity index (χ3n) is 6.56. The number of fused-ring (bicyclic) bond motifs is 1. The van der Waals surface area contributed by atoms with Gasteiger partial charge in [-0.05, 0) is 54.7 Å². The maximum Gasteiger partial charge on any atom is 0.253 e. The van der Waals surface area contributed by atoms with Crippen LogP contribution in [0.15, 0.2) is 65.7 Å². The molecule has 152 valence electrons. The molecule has 0 saturated heterocycles. The molecular formula is C25H26N4O. The van der Waals surface area contributed by atoms with Crippen molar-refractivity contribution < 1.29 is 0 Å². The lowest BCUT2D eigenvalue weighted by Gasteiger charge is -2.36. The molecule has 5 rings (SSSR count). The van der Waals surface area contributed by atoms with Crippen molar-refractivity contribution in [3.8, 4) is 11.1 Å². The molecule has 1 aromatic carbocycles. The van der Waals surface area contributed by atoms with Crippen LogP contribution in [0.2, 0.25) is 0 Å². The van der Waals surface area contributed by atoms with Gasteiger partial charge >= 0.3 is 0 Å². The quantitative estimate of drug-likeness (QED) is 0.505. The summed E-state index contributed by atoms with van der Waals surface area (Å²) >= 11 is 0. The number of nitrogens with zero attached hydrogens (tertiary/aromatic N) is 4. The lowest BCUT2D eigenvalue weighted by molar-refractivity contribution is 0.328. The Balaban J connectivity index is 1.70. The molecule has 0 aliphatic heterocycles. The molecule has 4 aromatic rings. The molecule has 0 N–H and O–H groups in total. The van der Waals surface area contributed by atoms with Crippen LogP contribution >= 0.6 is 0 Å². The van der Waals surface area contributed by atoms with E-state index in [2.05, 4.69) is 52.1 Å². The van der Waals surface area contributed by atoms with E-state index in [9.17, 15) is 4.79 Å². The van der Waals surface area contributed by atoms with Crippen LogP contribution in [0.4, 0.5) is 0 Å². The molecule has 5 heteroatoms. The summed E-state index contributed by atoms with van der Waals surface area (Å²) in [5.74, 6) is 1.02. The smallest absolute Gasteiger partial charge is 0.253 e. The number of rotatable bonds is 3. The molecule has 1 aliphatic carbocycles. The maximum atomic E-state index is 12.1. The molecule has 0 radical (unpaired) electrons. The topological polar surface area (TPSA) is 52.2 Å². The summed E-state index contributed by atoms with van der Waals surface area (Å²) in [5, 5.41) is 9.22. The summed E-state index contributed by atoms with van der Waals surface area (Å²) in [4.78, 5) is 12.1. The van der Waals surface area contributed by atoms with Crippen LogP contribution in [0.3, 0.4) is 0 Å². The summed E-state index contributed by atoms with van der Waals surface area (Å²) in [7, 11) is 1.80. The van der Waals surface area contributed by atoms with Crippen molar-refractivity contribution in [2.24, 2.45) is 7.05 Å². The van der Waals surface area contributed by atoms with Gasteiger partial charge in [0.1, 0.15) is 5.82 Å². The predicted octanol–water partition coefficient (Wildman–Crippen LogP) is 4.65. The Hall–Kier alpha value is -3.21. The number of pyridine rings is 2. The van der Waals surface area contributed by atoms with Gasteiger partial charge in [-0.15, -0.1) is 10.2 Å². The van der Waals surface area contributed by atoms with Crippen molar-refractivity contribution in [3.63, 3.8) is 0 Å². The molecule has 0 spiro atoms. The molecule has 1 saturated carbocycles. The van der Waals surface area contributed by atoms with Crippen LogP contribution in [0.5, 0.6) is 0 Å². The van der Waals surface area contributed by atoms with E-state index in [0.717, 1.165) is 41.0 Å². The van der Waals surface area contributed by atoms with Gasteiger partial charge in [0.05, 0.1) is 5.41 Å². The highest BCUT2D eigenvalue weighted by Gasteiger charge is 2.39. The van der Waals surface area contributed by atoms with Gasteiger partial charge in [0, 0.05) is 25.0 Å². The third kappa shape index (κ3) is 2.96. The SMILES string of the molecule is Cc1cc(-c2ccc3nnc(C4(c5ccccc5)CCCCC4)n3c2)cn(C)c1=O. The van der Waals surface area contributed by atoms with E-state index in [1.165, 1.54) is 24.8 Å². The van der Waals surface area contributed by atoms with E-state index in [1.54, 1.807) is 11.6 Å². The predicted molar refractivity (Wildman–Crippen MR) is 119 cm³/mol. The normalized spacial score (nSPS) is 16.1. The first kappa shape index (κ1) is 18.8. The fourth-order valence-electron chi connectivity index (χ4n) is 4.98. The van der Waals surface area contributed by atoms with Crippen LogP contribution in [0.1, 0.15) is 49.1 Å². The van der Waals surface area contributed by atoms with Crippen molar-refractivity contribution in [1.82, 2.24) is 19.2 Å². The Morgan fingerprint density at radius 2 is 1.67 bits per heavy atom. The summed E-state index contributed by atoms with van der Waals surface area (Å²) in [5.41, 5.74) is 4.92. The molecule has 1 aliphatic rings. The molecule has 5 nitrogen and oxygen atoms in total. The summed E-state index contributed by atoms with van der Waals surface area (Å²) < 4.78 is 3.81. The van der Waals surface area contributed by atoms with Crippen molar-refractivity contribution in [3.05, 3.63) is 88.2 Å². The van der Waals surface area contributed by atoms with Gasteiger partial charge in [-0.2, -0.15) is 0 Å². The van der Waals surface area contributed by atoms with Gasteiger partial charge in [-0.1, -0.05) is 49.6 Å². The second-order valence-electron chi connectivity index (χ2n) is 8.51. The summed E-state index contributed by atoms with van der Waals surface area (Å²) in [6.07, 6.45) is 9.86. The molecule has 3 aromatic heterocycles. The summed E-state index contributed by atoms with van der Waals surface area (Å²) in [6.45, 7) is 1.86. The Kier molecular flexibility index (Phi) is 4.54. The van der Waals surface area contributed by atoms with Crippen molar-refractivity contribution in [2.75, 3.05) is 0 Å². The molecular weight excluding hydrogens is 372 g/mol. The zero-order valence-electron chi connectivity index (χ0n) is 17.5. The zero-order chi connectivity index (χ0) is 20.7. The van der Waals surface area contributed by atoms with Gasteiger partial charge in [-0.25, -0.2) is 0 Å². The van der Waals surface area contributed by atoms with E-state index < -0.39 is 0 Å². The first-order valence-corrected chi connectivity index (χ1v) is 10.7. The number of aromatic nitrogens is 4. The molecule has 1 fully saturated rings. The lowest BCUT2D eigenvalue weighted by Crippen LogP contribution is -2.32. The fraction of sp³-hybridized carbons (Fsp3) is 0.320. The van der Waals surface area contributed by atoms with E-state index in [0.29, 0.717) is 0 Å². The molecule has 0 amide bonds. The fourth-order valence-corrected chi connectivity index (χ4v) is 4.98. The monoisotopic (exact) mass is 398 g/mol. The zero-order valence-corrected chi connectivity index (χ0v) is 17.5. The van der Waals surface area contributed by atoms with Crippen LogP contribution < -0.4 is 5.56 Å². The standard InChI is InChI=1S/C25H26N4O/c1-18-15-20(16-28(2)23(18)30)19-11-12-22-26-27-24(29(22)17-19)25(13-7-4-8-14-25)21-9-5-3-6-10-21/h3,5-6,9-12,15-17H,4,7-8,13-14H2,1-2H3. The van der Waals surface area contributed by atoms with E-state index in [-0.39, 0.29) is 11.0 Å². The van der Waals surface area contributed by atoms with Crippen molar-refractivity contribution in [1.29, 1.82) is 0 Å². The van der Waals surface area contributed by atoms with Crippen LogP contribution in [0.25, 0.3) is 16.8 Å². The highest BCUT2D eigenvalue weighted by atomic mass is 16.1. The number of hydrogen-bond donors (Lipinski definition) is 0. The van der Waals surface area contributed by atoms with Gasteiger partial charge in [0.15, 0.2) is 5.65 Å². The average molecular weight is 399 g/mol. The van der Waals surface area contributed by atoms with Gasteiger partial charge in [0.2, 0.25) is 0 Å². The average Bonchev–Trinajstić information content (AvgIpc) is 3.22. The van der Waals surface area contributed by atoms with E-state index >= 15 is 0 Å². The molecule has 3 heterocycles. The van der Waals surface area contributed by atoms with Crippen LogP contribution in [-0.4, -0.2) is 19.2 Å². The van der Waals surface area contributed by atoms with Crippen LogP contribution in [-0.2, 0) is 12.5 Å². The van der Waals surface area contributed by atoms with Crippen LogP contribution in [0, 0.1) is 6.92 Å². The lowest BCUT2D eigenvalue weighted by atomic mass is 9.69. The largest absolute Gasteiger partial charge is 0.318 e. The molecule has 30 heavy (non-hydrogen) atoms. The Labute approximate surface area is 176 Å². The Morgan fingerprint density at radius 3 is 2.40 bits per heavy atom. The second-order valence-corrected chi connectivity index (χ2v) is 8.51. The first-order chi connectivity index (χ1) is 14.6. The minimum absolute atomic E-state index is 0.0371.